The zero-order chi connectivity index (χ0) is 11.0. The van der Waals surface area contributed by atoms with E-state index in [1.165, 1.54) is 50.0 Å². The molecule has 0 aromatic heterocycles. The van der Waals surface area contributed by atoms with Crippen LogP contribution in [0.25, 0.3) is 0 Å². The third-order valence-electron chi connectivity index (χ3n) is 4.77. The van der Waals surface area contributed by atoms with Crippen molar-refractivity contribution in [3.63, 3.8) is 0 Å². The first-order chi connectivity index (χ1) is 7.88. The van der Waals surface area contributed by atoms with Gasteiger partial charge in [-0.25, -0.2) is 0 Å². The molecule has 0 aromatic rings. The zero-order valence-corrected chi connectivity index (χ0v) is 11.1. The van der Waals surface area contributed by atoms with Crippen molar-refractivity contribution in [3.05, 3.63) is 0 Å². The van der Waals surface area contributed by atoms with Gasteiger partial charge in [-0.1, -0.05) is 6.42 Å². The molecule has 3 saturated heterocycles. The van der Waals surface area contributed by atoms with Crippen LogP contribution in [0.5, 0.6) is 0 Å². The predicted molar refractivity (Wildman–Crippen MR) is 71.1 cm³/mol. The van der Waals surface area contributed by atoms with Gasteiger partial charge in [0.05, 0.1) is 0 Å². The number of thioether (sulfide) groups is 1. The second kappa shape index (κ2) is 4.87. The van der Waals surface area contributed by atoms with Crippen LogP contribution in [0.4, 0.5) is 0 Å². The average Bonchev–Trinajstić information content (AvgIpc) is 2.80. The summed E-state index contributed by atoms with van der Waals surface area (Å²) in [5.41, 5.74) is 0. The summed E-state index contributed by atoms with van der Waals surface area (Å²) in [5, 5.41) is 3.51. The Balaban J connectivity index is 1.73. The van der Waals surface area contributed by atoms with Gasteiger partial charge < -0.3 is 5.32 Å². The van der Waals surface area contributed by atoms with Crippen LogP contribution in [0.15, 0.2) is 0 Å². The lowest BCUT2D eigenvalue weighted by Gasteiger charge is -2.51. The number of hydrogen-bond acceptors (Lipinski definition) is 3. The van der Waals surface area contributed by atoms with Gasteiger partial charge in [0.2, 0.25) is 0 Å². The Morgan fingerprint density at radius 2 is 1.81 bits per heavy atom. The summed E-state index contributed by atoms with van der Waals surface area (Å²) in [6, 6.07) is 3.50. The van der Waals surface area contributed by atoms with Gasteiger partial charge in [-0.2, -0.15) is 11.8 Å². The van der Waals surface area contributed by atoms with Crippen molar-refractivity contribution in [1.29, 1.82) is 0 Å². The van der Waals surface area contributed by atoms with Crippen molar-refractivity contribution >= 4 is 11.8 Å². The van der Waals surface area contributed by atoms with Crippen molar-refractivity contribution in [3.8, 4) is 0 Å². The highest BCUT2D eigenvalue weighted by Gasteiger charge is 2.41. The fraction of sp³-hybridized carbons (Fsp3) is 1.00. The van der Waals surface area contributed by atoms with E-state index >= 15 is 0 Å². The van der Waals surface area contributed by atoms with Crippen LogP contribution in [-0.2, 0) is 0 Å². The van der Waals surface area contributed by atoms with Gasteiger partial charge in [-0.3, -0.25) is 4.90 Å². The normalized spacial score (nSPS) is 44.8. The third kappa shape index (κ3) is 2.02. The molecule has 3 aliphatic heterocycles. The van der Waals surface area contributed by atoms with Crippen molar-refractivity contribution in [2.24, 2.45) is 0 Å². The van der Waals surface area contributed by atoms with Gasteiger partial charge in [0.1, 0.15) is 0 Å². The Labute approximate surface area is 104 Å². The summed E-state index contributed by atoms with van der Waals surface area (Å²) in [5.74, 6) is 2.80. The Kier molecular flexibility index (Phi) is 3.46. The van der Waals surface area contributed by atoms with E-state index in [-0.39, 0.29) is 0 Å². The molecule has 3 fully saturated rings. The summed E-state index contributed by atoms with van der Waals surface area (Å²) in [6.45, 7) is 0. The number of piperidine rings is 2. The monoisotopic (exact) mass is 240 g/mol. The first-order valence-electron chi connectivity index (χ1n) is 6.91. The zero-order valence-electron chi connectivity index (χ0n) is 10.3. The number of rotatable bonds is 2. The Hall–Kier alpha value is 0.270. The van der Waals surface area contributed by atoms with Crippen molar-refractivity contribution in [2.75, 3.05) is 18.6 Å². The van der Waals surface area contributed by atoms with Crippen LogP contribution >= 0.6 is 11.8 Å². The quantitative estimate of drug-likeness (QED) is 0.796. The molecule has 3 aliphatic rings. The maximum absolute atomic E-state index is 3.51. The number of nitrogens with one attached hydrogen (secondary N) is 1. The molecule has 2 nitrogen and oxygen atoms in total. The minimum absolute atomic E-state index is 0.792. The highest BCUT2D eigenvalue weighted by Crippen LogP contribution is 2.38. The van der Waals surface area contributed by atoms with E-state index in [9.17, 15) is 0 Å². The molecule has 0 amide bonds. The summed E-state index contributed by atoms with van der Waals surface area (Å²) < 4.78 is 0. The van der Waals surface area contributed by atoms with Gasteiger partial charge in [-0.05, 0) is 44.9 Å². The van der Waals surface area contributed by atoms with Crippen LogP contribution in [0.2, 0.25) is 0 Å². The van der Waals surface area contributed by atoms with E-state index in [0.29, 0.717) is 0 Å². The van der Waals surface area contributed by atoms with E-state index in [2.05, 4.69) is 29.0 Å². The Morgan fingerprint density at radius 1 is 1.06 bits per heavy atom. The molecule has 16 heavy (non-hydrogen) atoms. The van der Waals surface area contributed by atoms with Crippen LogP contribution in [-0.4, -0.2) is 47.6 Å². The third-order valence-corrected chi connectivity index (χ3v) is 5.91. The van der Waals surface area contributed by atoms with E-state index in [1.807, 2.05) is 0 Å². The number of hydrogen-bond donors (Lipinski definition) is 1. The minimum atomic E-state index is 0.792. The molecule has 3 heterocycles. The van der Waals surface area contributed by atoms with Crippen LogP contribution in [0, 0.1) is 0 Å². The molecule has 3 unspecified atom stereocenters. The van der Waals surface area contributed by atoms with Crippen LogP contribution in [0.3, 0.4) is 0 Å². The van der Waals surface area contributed by atoms with Crippen molar-refractivity contribution < 1.29 is 0 Å². The maximum atomic E-state index is 3.51. The number of nitrogens with zero attached hydrogens (tertiary/aromatic N) is 1. The minimum Gasteiger partial charge on any atom is -0.317 e. The lowest BCUT2D eigenvalue weighted by Crippen LogP contribution is -2.59. The highest BCUT2D eigenvalue weighted by atomic mass is 32.2. The highest BCUT2D eigenvalue weighted by molar-refractivity contribution is 7.99. The van der Waals surface area contributed by atoms with Gasteiger partial charge in [0.25, 0.3) is 0 Å². The molecule has 0 aromatic carbocycles. The largest absolute Gasteiger partial charge is 0.317 e. The molecular formula is C13H24N2S. The molecule has 3 atom stereocenters. The van der Waals surface area contributed by atoms with Crippen LogP contribution < -0.4 is 5.32 Å². The first-order valence-corrected chi connectivity index (χ1v) is 8.06. The molecule has 3 rings (SSSR count). The molecular weight excluding hydrogens is 216 g/mol. The summed E-state index contributed by atoms with van der Waals surface area (Å²) in [7, 11) is 2.14. The molecule has 0 aliphatic carbocycles. The number of fused-ring (bicyclic) bond motifs is 2. The first kappa shape index (κ1) is 11.4. The fourth-order valence-corrected chi connectivity index (χ4v) is 5.22. The summed E-state index contributed by atoms with van der Waals surface area (Å²) >= 11 is 2.16. The van der Waals surface area contributed by atoms with Gasteiger partial charge >= 0.3 is 0 Å². The Morgan fingerprint density at radius 3 is 2.38 bits per heavy atom. The average molecular weight is 240 g/mol. The van der Waals surface area contributed by atoms with Gasteiger partial charge in [0.15, 0.2) is 0 Å². The molecule has 3 heteroatoms. The van der Waals surface area contributed by atoms with Gasteiger partial charge in [-0.15, -0.1) is 0 Å². The van der Waals surface area contributed by atoms with E-state index in [4.69, 9.17) is 0 Å². The molecule has 0 saturated carbocycles. The Bertz CT molecular complexity index is 226. The van der Waals surface area contributed by atoms with E-state index < -0.39 is 0 Å². The van der Waals surface area contributed by atoms with E-state index in [0.717, 1.165) is 24.2 Å². The lowest BCUT2D eigenvalue weighted by atomic mass is 9.80. The van der Waals surface area contributed by atoms with Crippen molar-refractivity contribution in [1.82, 2.24) is 10.2 Å². The summed E-state index contributed by atoms with van der Waals surface area (Å²) in [6.07, 6.45) is 8.62. The SMILES string of the molecule is CNC1CC2CCCC(C1)N2C1CCSC1. The molecule has 1 N–H and O–H groups in total. The second-order valence-electron chi connectivity index (χ2n) is 5.66. The molecule has 0 spiro atoms. The van der Waals surface area contributed by atoms with Crippen molar-refractivity contribution in [2.45, 2.75) is 62.7 Å². The topological polar surface area (TPSA) is 15.3 Å². The second-order valence-corrected chi connectivity index (χ2v) is 6.81. The van der Waals surface area contributed by atoms with E-state index in [1.54, 1.807) is 0 Å². The van der Waals surface area contributed by atoms with Crippen LogP contribution in [0.1, 0.15) is 38.5 Å². The maximum Gasteiger partial charge on any atom is 0.0200 e. The lowest BCUT2D eigenvalue weighted by molar-refractivity contribution is -0.00180. The summed E-state index contributed by atoms with van der Waals surface area (Å²) in [4.78, 5) is 2.93. The molecule has 92 valence electrons. The molecule has 0 radical (unpaired) electrons. The smallest absolute Gasteiger partial charge is 0.0200 e. The van der Waals surface area contributed by atoms with Gasteiger partial charge in [0, 0.05) is 29.9 Å². The standard InChI is InChI=1S/C13H24N2S/c1-14-10-7-11-3-2-4-12(8-10)15(11)13-5-6-16-9-13/h10-14H,2-9H2,1H3. The fourth-order valence-electron chi connectivity index (χ4n) is 4.01. The molecule has 2 bridgehead atoms. The predicted octanol–water partition coefficient (Wildman–Crippen LogP) is 2.10.